The maximum absolute atomic E-state index is 12.4. The van der Waals surface area contributed by atoms with Crippen molar-refractivity contribution in [2.45, 2.75) is 191 Å². The molecule has 22 unspecified atom stereocenters. The van der Waals surface area contributed by atoms with Crippen LogP contribution in [0.15, 0.2) is 0 Å². The number of hydrogen-bond acceptors (Lipinski definition) is 32. The second-order valence-electron chi connectivity index (χ2n) is 17.5. The average molecular weight is 1030 g/mol. The summed E-state index contributed by atoms with van der Waals surface area (Å²) in [6.07, 6.45) is -52.5. The molecule has 6 saturated heterocycles. The molecule has 0 aromatic carbocycles. The molecule has 6 rings (SSSR count). The fourth-order valence-electron chi connectivity index (χ4n) is 8.72. The third-order valence-electron chi connectivity index (χ3n) is 12.7. The monoisotopic (exact) mass is 1030 g/mol. The Kier molecular flexibility index (Phi) is 20.0. The zero-order valence-corrected chi connectivity index (χ0v) is 36.9. The van der Waals surface area contributed by atoms with E-state index in [0.29, 0.717) is 0 Å². The van der Waals surface area contributed by atoms with E-state index in [2.05, 4.69) is 0 Å². The van der Waals surface area contributed by atoms with Crippen LogP contribution in [0, 0.1) is 0 Å². The highest BCUT2D eigenvalue weighted by Gasteiger charge is 2.58. The average Bonchev–Trinajstić information content (AvgIpc) is 3.33. The van der Waals surface area contributed by atoms with E-state index in [0.717, 1.165) is 6.92 Å². The molecule has 0 radical (unpaired) electrons. The Balaban J connectivity index is 1.10. The first-order valence-corrected chi connectivity index (χ1v) is 22.0. The van der Waals surface area contributed by atoms with Crippen LogP contribution in [0.1, 0.15) is 13.3 Å². The molecule has 6 aliphatic heterocycles. The molecule has 6 heterocycles. The van der Waals surface area contributed by atoms with Crippen molar-refractivity contribution in [1.29, 1.82) is 0 Å². The largest absolute Gasteiger partial charge is 0.457 e. The van der Waals surface area contributed by atoms with Gasteiger partial charge in [0.1, 0.15) is 122 Å². The number of esters is 1. The van der Waals surface area contributed by atoms with Crippen LogP contribution in [0.25, 0.3) is 0 Å². The van der Waals surface area contributed by atoms with Crippen molar-refractivity contribution >= 4 is 5.97 Å². The summed E-state index contributed by atoms with van der Waals surface area (Å²) in [6, 6.07) is 0. The van der Waals surface area contributed by atoms with Crippen LogP contribution in [0.5, 0.6) is 0 Å². The van der Waals surface area contributed by atoms with Crippen molar-refractivity contribution < 1.29 is 159 Å². The van der Waals surface area contributed by atoms with E-state index in [9.17, 15) is 102 Å². The Morgan fingerprint density at radius 1 is 0.471 bits per heavy atom. The SMILES string of the molecule is CC(=O)OC1C(O)C(O[C@@H]2C(CO)O[C@H](OC3C(CO)OC(O)C(O)C3O)[C@@H](O)C2O)OC(CO)C1O[C@H]1OC(CO)[C@@H](OC2OC(COC3OC(CO)C(O)C(O)C3(O)O)C(O)C(O)C2O)C[C@@H]1O. The van der Waals surface area contributed by atoms with Gasteiger partial charge in [-0.2, -0.15) is 0 Å². The molecule has 0 saturated carbocycles. The quantitative estimate of drug-likeness (QED) is 0.0475. The Hall–Kier alpha value is -1.73. The van der Waals surface area contributed by atoms with Gasteiger partial charge in [-0.3, -0.25) is 4.79 Å². The van der Waals surface area contributed by atoms with Crippen molar-refractivity contribution in [3.63, 3.8) is 0 Å². The van der Waals surface area contributed by atoms with Crippen LogP contribution in [-0.4, -0.2) is 320 Å². The van der Waals surface area contributed by atoms with Gasteiger partial charge in [-0.05, 0) is 0 Å². The van der Waals surface area contributed by atoms with Crippen molar-refractivity contribution in [2.75, 3.05) is 39.6 Å². The highest BCUT2D eigenvalue weighted by atomic mass is 16.8. The number of ether oxygens (including phenoxy) is 12. The first-order chi connectivity index (χ1) is 33.0. The summed E-state index contributed by atoms with van der Waals surface area (Å²) in [6.45, 7) is -4.59. The molecule has 0 aliphatic carbocycles. The standard InChI is InChI=1S/C38H64O32/c1-9(44)60-30-26(54)36(69-28-15(6-42)64-35(25(53)22(28)50)68-27-14(5-41)61-32(56)23(51)21(27)49)65-16(7-43)29(30)70-33-10(45)2-11(12(3-39)63-33)62-34-24(52)20(48)18(46)17(66-34)8-59-37-38(57,58)31(55)19(47)13(4-40)67-37/h10-37,39-43,45-58H,2-8H2,1H3/t10-,11-,12?,13?,14?,15?,16?,17?,18?,19?,20?,21?,22?,23?,24?,25-,26?,27?,28+,29?,30?,31?,32?,33+,34?,35+,36?,37?/m0/s1. The molecular formula is C38H64O32. The predicted octanol–water partition coefficient (Wildman–Crippen LogP) is -13.2. The number of carbonyl (C=O) groups excluding carboxylic acids is 1. The van der Waals surface area contributed by atoms with Gasteiger partial charge in [-0.25, -0.2) is 0 Å². The number of carbonyl (C=O) groups is 1. The van der Waals surface area contributed by atoms with Crippen molar-refractivity contribution in [3.8, 4) is 0 Å². The smallest absolute Gasteiger partial charge is 0.303 e. The maximum Gasteiger partial charge on any atom is 0.303 e. The highest BCUT2D eigenvalue weighted by molar-refractivity contribution is 5.66. The Labute approximate surface area is 395 Å². The van der Waals surface area contributed by atoms with Gasteiger partial charge >= 0.3 is 5.97 Å². The Morgan fingerprint density at radius 2 is 0.943 bits per heavy atom. The molecule has 70 heavy (non-hydrogen) atoms. The molecule has 0 aromatic heterocycles. The maximum atomic E-state index is 12.4. The van der Waals surface area contributed by atoms with Gasteiger partial charge in [0.25, 0.3) is 0 Å². The number of rotatable bonds is 17. The summed E-state index contributed by atoms with van der Waals surface area (Å²) in [7, 11) is 0. The van der Waals surface area contributed by atoms with Crippen LogP contribution in [0.4, 0.5) is 0 Å². The summed E-state index contributed by atoms with van der Waals surface area (Å²) < 4.78 is 66.4. The zero-order chi connectivity index (χ0) is 51.7. The summed E-state index contributed by atoms with van der Waals surface area (Å²) in [4.78, 5) is 12.4. The second-order valence-corrected chi connectivity index (χ2v) is 17.5. The summed E-state index contributed by atoms with van der Waals surface area (Å²) >= 11 is 0. The minimum absolute atomic E-state index is 0.534. The van der Waals surface area contributed by atoms with E-state index in [1.54, 1.807) is 0 Å². The fraction of sp³-hybridized carbons (Fsp3) is 0.974. The lowest BCUT2D eigenvalue weighted by molar-refractivity contribution is -0.411. The number of aliphatic hydroxyl groups excluding tert-OH is 17. The predicted molar refractivity (Wildman–Crippen MR) is 208 cm³/mol. The molecule has 28 atom stereocenters. The minimum Gasteiger partial charge on any atom is -0.457 e. The molecule has 408 valence electrons. The van der Waals surface area contributed by atoms with E-state index in [-0.39, 0.29) is 0 Å². The summed E-state index contributed by atoms with van der Waals surface area (Å²) in [5.74, 6) is -4.30. The summed E-state index contributed by atoms with van der Waals surface area (Å²) in [5.41, 5.74) is 0. The molecule has 6 fully saturated rings. The van der Waals surface area contributed by atoms with Gasteiger partial charge in [0.05, 0.1) is 45.7 Å². The molecular weight excluding hydrogens is 968 g/mol. The van der Waals surface area contributed by atoms with Crippen LogP contribution < -0.4 is 0 Å². The Bertz CT molecular complexity index is 1630. The van der Waals surface area contributed by atoms with Gasteiger partial charge in [-0.15, -0.1) is 0 Å². The van der Waals surface area contributed by atoms with Crippen molar-refractivity contribution in [2.24, 2.45) is 0 Å². The number of hydrogen-bond donors (Lipinski definition) is 19. The van der Waals surface area contributed by atoms with Gasteiger partial charge in [-0.1, -0.05) is 0 Å². The Morgan fingerprint density at radius 3 is 1.51 bits per heavy atom. The van der Waals surface area contributed by atoms with Crippen molar-refractivity contribution in [1.82, 2.24) is 0 Å². The third kappa shape index (κ3) is 12.0. The number of aliphatic hydroxyl groups is 19. The van der Waals surface area contributed by atoms with E-state index in [1.165, 1.54) is 0 Å². The lowest BCUT2D eigenvalue weighted by Crippen LogP contribution is -2.68. The first-order valence-electron chi connectivity index (χ1n) is 22.0. The zero-order valence-electron chi connectivity index (χ0n) is 36.9. The molecule has 0 bridgehead atoms. The third-order valence-corrected chi connectivity index (χ3v) is 12.7. The minimum atomic E-state index is -3.26. The van der Waals surface area contributed by atoms with Crippen molar-refractivity contribution in [3.05, 3.63) is 0 Å². The second kappa shape index (κ2) is 24.3. The van der Waals surface area contributed by atoms with E-state index in [4.69, 9.17) is 56.8 Å². The topological polar surface area (TPSA) is 512 Å². The lowest BCUT2D eigenvalue weighted by atomic mass is 9.95. The normalized spacial score (nSPS) is 50.1. The fourth-order valence-corrected chi connectivity index (χ4v) is 8.72. The van der Waals surface area contributed by atoms with Gasteiger partial charge in [0.2, 0.25) is 12.1 Å². The molecule has 0 amide bonds. The van der Waals surface area contributed by atoms with Crippen LogP contribution in [0.3, 0.4) is 0 Å². The van der Waals surface area contributed by atoms with Gasteiger partial charge in [0.15, 0.2) is 37.6 Å². The van der Waals surface area contributed by atoms with E-state index >= 15 is 0 Å². The molecule has 0 aromatic rings. The molecule has 19 N–H and O–H groups in total. The molecule has 32 nitrogen and oxygen atoms in total. The molecule has 32 heteroatoms. The van der Waals surface area contributed by atoms with E-state index in [1.807, 2.05) is 0 Å². The van der Waals surface area contributed by atoms with Crippen LogP contribution >= 0.6 is 0 Å². The van der Waals surface area contributed by atoms with Gasteiger partial charge < -0.3 is 154 Å². The molecule has 0 spiro atoms. The highest BCUT2D eigenvalue weighted by Crippen LogP contribution is 2.37. The lowest BCUT2D eigenvalue weighted by Gasteiger charge is -2.49. The summed E-state index contributed by atoms with van der Waals surface area (Å²) in [5, 5.41) is 198. The first kappa shape index (κ1) is 57.5. The molecule has 6 aliphatic rings. The van der Waals surface area contributed by atoms with Gasteiger partial charge in [0, 0.05) is 13.3 Å². The van der Waals surface area contributed by atoms with Crippen LogP contribution in [-0.2, 0) is 61.6 Å². The van der Waals surface area contributed by atoms with Crippen LogP contribution in [0.2, 0.25) is 0 Å². The van der Waals surface area contributed by atoms with E-state index < -0.39 is 230 Å².